The number of rotatable bonds is 1. The van der Waals surface area contributed by atoms with Crippen LogP contribution in [-0.2, 0) is 22.1 Å². The zero-order valence-electron chi connectivity index (χ0n) is 15.1. The van der Waals surface area contributed by atoms with E-state index < -0.39 is 0 Å². The molecule has 2 heteroatoms. The number of aromatic hydroxyl groups is 1. The Bertz CT molecular complexity index is 522. The van der Waals surface area contributed by atoms with Gasteiger partial charge in [-0.3, -0.25) is 0 Å². The molecule has 0 spiro atoms. The second-order valence-electron chi connectivity index (χ2n) is 9.06. The van der Waals surface area contributed by atoms with Gasteiger partial charge in [-0.2, -0.15) is 0 Å². The Balaban J connectivity index is 3.93. The van der Waals surface area contributed by atoms with Gasteiger partial charge in [0.05, 0.1) is 0 Å². The molecule has 0 aliphatic rings. The summed E-state index contributed by atoms with van der Waals surface area (Å²) in [6.45, 7) is 19.4. The molecule has 1 nitrogen and oxygen atoms in total. The maximum absolute atomic E-state index is 10.9. The first-order valence-electron chi connectivity index (χ1n) is 7.67. The Morgan fingerprint density at radius 3 is 1.52 bits per heavy atom. The van der Waals surface area contributed by atoms with E-state index in [1.165, 1.54) is 5.56 Å². The second-order valence-corrected chi connectivity index (χ2v) is 9.32. The van der Waals surface area contributed by atoms with Gasteiger partial charge in [0.1, 0.15) is 5.75 Å². The lowest BCUT2D eigenvalue weighted by Crippen LogP contribution is -2.24. The largest absolute Gasteiger partial charge is 0.507 e. The van der Waals surface area contributed by atoms with Crippen molar-refractivity contribution in [3.8, 4) is 5.75 Å². The summed E-state index contributed by atoms with van der Waals surface area (Å²) in [5, 5.41) is 10.9. The summed E-state index contributed by atoms with van der Waals surface area (Å²) in [6, 6.07) is 2.16. The first-order valence-corrected chi connectivity index (χ1v) is 8.21. The normalized spacial score (nSPS) is 13.6. The van der Waals surface area contributed by atoms with Gasteiger partial charge in [0.2, 0.25) is 0 Å². The van der Waals surface area contributed by atoms with Crippen LogP contribution in [0.15, 0.2) is 6.07 Å². The van der Waals surface area contributed by atoms with Crippen LogP contribution in [0.5, 0.6) is 5.75 Å². The maximum Gasteiger partial charge on any atom is 0.123 e. The van der Waals surface area contributed by atoms with Crippen LogP contribution in [-0.4, -0.2) is 5.11 Å². The fourth-order valence-electron chi connectivity index (χ4n) is 2.90. The lowest BCUT2D eigenvalue weighted by Gasteiger charge is -2.34. The Morgan fingerprint density at radius 2 is 1.24 bits per heavy atom. The van der Waals surface area contributed by atoms with Crippen LogP contribution in [0.4, 0.5) is 0 Å². The highest BCUT2D eigenvalue weighted by Gasteiger charge is 2.32. The number of hydrogen-bond donors (Lipinski definition) is 1. The third-order valence-corrected chi connectivity index (χ3v) is 4.17. The van der Waals surface area contributed by atoms with Gasteiger partial charge < -0.3 is 5.11 Å². The molecule has 0 atom stereocenters. The Morgan fingerprint density at radius 1 is 0.810 bits per heavy atom. The lowest BCUT2D eigenvalue weighted by molar-refractivity contribution is 0.418. The van der Waals surface area contributed by atoms with Crippen LogP contribution in [0.3, 0.4) is 0 Å². The monoisotopic (exact) mass is 310 g/mol. The number of hydrogen-bond acceptors (Lipinski definition) is 1. The molecule has 0 aliphatic carbocycles. The van der Waals surface area contributed by atoms with Gasteiger partial charge >= 0.3 is 0 Å². The van der Waals surface area contributed by atoms with Crippen molar-refractivity contribution >= 4 is 11.6 Å². The van der Waals surface area contributed by atoms with Crippen LogP contribution in [0.2, 0.25) is 0 Å². The van der Waals surface area contributed by atoms with E-state index in [1.54, 1.807) is 0 Å². The SMILES string of the molecule is CC(C)(C)c1cc(C(C)(C)C)c(CCl)c(C(C)(C)C)c1O. The minimum atomic E-state index is -0.143. The van der Waals surface area contributed by atoms with E-state index in [0.29, 0.717) is 11.6 Å². The van der Waals surface area contributed by atoms with Crippen molar-refractivity contribution in [2.75, 3.05) is 0 Å². The molecule has 120 valence electrons. The molecule has 0 saturated heterocycles. The maximum atomic E-state index is 10.9. The molecular weight excluding hydrogens is 280 g/mol. The molecule has 0 radical (unpaired) electrons. The molecule has 21 heavy (non-hydrogen) atoms. The highest BCUT2D eigenvalue weighted by Crippen LogP contribution is 2.45. The number of phenolic OH excluding ortho intramolecular Hbond substituents is 1. The van der Waals surface area contributed by atoms with Crippen molar-refractivity contribution < 1.29 is 5.11 Å². The molecule has 0 bridgehead atoms. The number of benzene rings is 1. The first-order chi connectivity index (χ1) is 9.21. The number of phenols is 1. The van der Waals surface area contributed by atoms with Crippen molar-refractivity contribution in [3.63, 3.8) is 0 Å². The smallest absolute Gasteiger partial charge is 0.123 e. The molecule has 1 aromatic carbocycles. The summed E-state index contributed by atoms with van der Waals surface area (Å²) in [6.07, 6.45) is 0. The molecule has 0 fully saturated rings. The van der Waals surface area contributed by atoms with Crippen LogP contribution in [0.1, 0.15) is 84.6 Å². The highest BCUT2D eigenvalue weighted by atomic mass is 35.5. The van der Waals surface area contributed by atoms with E-state index in [1.807, 2.05) is 0 Å². The van der Waals surface area contributed by atoms with E-state index in [0.717, 1.165) is 16.7 Å². The predicted octanol–water partition coefficient (Wildman–Crippen LogP) is 6.02. The van der Waals surface area contributed by atoms with Crippen molar-refractivity contribution in [3.05, 3.63) is 28.3 Å². The Labute approximate surface area is 135 Å². The Kier molecular flexibility index (Phi) is 4.81. The summed E-state index contributed by atoms with van der Waals surface area (Å²) < 4.78 is 0. The van der Waals surface area contributed by atoms with Gasteiger partial charge in [-0.1, -0.05) is 68.4 Å². The van der Waals surface area contributed by atoms with Gasteiger partial charge in [-0.05, 0) is 32.9 Å². The van der Waals surface area contributed by atoms with Crippen molar-refractivity contribution in [2.45, 2.75) is 84.4 Å². The molecule has 1 N–H and O–H groups in total. The predicted molar refractivity (Wildman–Crippen MR) is 93.8 cm³/mol. The fraction of sp³-hybridized carbons (Fsp3) is 0.684. The second kappa shape index (κ2) is 5.50. The minimum absolute atomic E-state index is 0.00206. The van der Waals surface area contributed by atoms with E-state index >= 15 is 0 Å². The molecule has 1 rings (SSSR count). The van der Waals surface area contributed by atoms with E-state index in [9.17, 15) is 5.11 Å². The molecule has 0 aromatic heterocycles. The van der Waals surface area contributed by atoms with Gasteiger partial charge in [-0.15, -0.1) is 11.6 Å². The highest BCUT2D eigenvalue weighted by molar-refractivity contribution is 6.17. The number of halogens is 1. The molecule has 0 amide bonds. The molecule has 0 saturated carbocycles. The van der Waals surface area contributed by atoms with E-state index in [2.05, 4.69) is 68.4 Å². The quantitative estimate of drug-likeness (QED) is 0.628. The van der Waals surface area contributed by atoms with Crippen LogP contribution >= 0.6 is 11.6 Å². The molecule has 0 heterocycles. The summed E-state index contributed by atoms with van der Waals surface area (Å²) in [5.41, 5.74) is 4.08. The Hall–Kier alpha value is -0.690. The third kappa shape index (κ3) is 3.74. The third-order valence-electron chi connectivity index (χ3n) is 3.91. The van der Waals surface area contributed by atoms with Crippen LogP contribution in [0.25, 0.3) is 0 Å². The number of alkyl halides is 1. The van der Waals surface area contributed by atoms with Crippen molar-refractivity contribution in [2.24, 2.45) is 0 Å². The summed E-state index contributed by atoms with van der Waals surface area (Å²) in [4.78, 5) is 0. The summed E-state index contributed by atoms with van der Waals surface area (Å²) in [5.74, 6) is 0.843. The minimum Gasteiger partial charge on any atom is -0.507 e. The molecule has 0 aliphatic heterocycles. The van der Waals surface area contributed by atoms with Crippen molar-refractivity contribution in [1.29, 1.82) is 0 Å². The topological polar surface area (TPSA) is 20.2 Å². The van der Waals surface area contributed by atoms with Gasteiger partial charge in [-0.25, -0.2) is 0 Å². The van der Waals surface area contributed by atoms with Gasteiger partial charge in [0, 0.05) is 11.4 Å². The molecular formula is C19H31ClO. The fourth-order valence-corrected chi connectivity index (χ4v) is 3.18. The van der Waals surface area contributed by atoms with Crippen molar-refractivity contribution in [1.82, 2.24) is 0 Å². The molecule has 1 aromatic rings. The average Bonchev–Trinajstić information content (AvgIpc) is 2.22. The van der Waals surface area contributed by atoms with E-state index in [-0.39, 0.29) is 16.2 Å². The average molecular weight is 311 g/mol. The summed E-state index contributed by atoms with van der Waals surface area (Å²) in [7, 11) is 0. The van der Waals surface area contributed by atoms with Crippen LogP contribution < -0.4 is 0 Å². The first kappa shape index (κ1) is 18.4. The standard InChI is InChI=1S/C19H31ClO/c1-17(2,3)13-10-14(18(4,5)6)16(21)15(12(13)11-20)19(7,8)9/h10,21H,11H2,1-9H3. The zero-order chi connectivity index (χ0) is 16.8. The van der Waals surface area contributed by atoms with Crippen LogP contribution in [0, 0.1) is 0 Å². The summed E-state index contributed by atoms with van der Waals surface area (Å²) >= 11 is 6.28. The van der Waals surface area contributed by atoms with Gasteiger partial charge in [0.25, 0.3) is 0 Å². The van der Waals surface area contributed by atoms with Gasteiger partial charge in [0.15, 0.2) is 0 Å². The lowest BCUT2D eigenvalue weighted by atomic mass is 9.72. The van der Waals surface area contributed by atoms with E-state index in [4.69, 9.17) is 11.6 Å². The molecule has 0 unspecified atom stereocenters. The zero-order valence-corrected chi connectivity index (χ0v) is 15.9.